The van der Waals surface area contributed by atoms with E-state index in [1.54, 1.807) is 0 Å². The molecule has 0 bridgehead atoms. The Balaban J connectivity index is 5.13. The Bertz CT molecular complexity index is 1810. The molecule has 3 N–H and O–H groups in total. The van der Waals surface area contributed by atoms with Crippen LogP contribution in [0, 0.1) is 5.92 Å². The molecule has 558 valence electrons. The minimum atomic E-state index is -4.95. The molecule has 0 aromatic heterocycles. The zero-order valence-electron chi connectivity index (χ0n) is 61.1. The topological polar surface area (TPSA) is 237 Å². The molecule has 17 nitrogen and oxygen atoms in total. The van der Waals surface area contributed by atoms with Crippen LogP contribution < -0.4 is 0 Å². The van der Waals surface area contributed by atoms with Gasteiger partial charge in [-0.05, 0) is 31.6 Å². The first-order chi connectivity index (χ1) is 45.5. The molecule has 0 aromatic rings. The molecule has 0 saturated carbocycles. The number of hydrogen-bond acceptors (Lipinski definition) is 15. The van der Waals surface area contributed by atoms with E-state index < -0.39 is 97.5 Å². The SMILES string of the molecule is CCCCCCCCCCCCCCCCCCCCCCC(=O)O[C@H](COC(=O)CCCCCCCCCCCCCCCCCCC)COP(=O)(O)OC[C@@H](O)COP(=O)(O)OC[C@@H](COC(=O)CCCCCCC)OC(=O)CCCCCCCCCCCC(C)C. The van der Waals surface area contributed by atoms with Crippen LogP contribution in [0.3, 0.4) is 0 Å². The molecule has 0 aliphatic carbocycles. The van der Waals surface area contributed by atoms with Gasteiger partial charge in [0, 0.05) is 25.7 Å². The number of phosphoric acid groups is 2. The predicted molar refractivity (Wildman–Crippen MR) is 382 cm³/mol. The minimum absolute atomic E-state index is 0.105. The first kappa shape index (κ1) is 92.1. The van der Waals surface area contributed by atoms with Gasteiger partial charge in [0.25, 0.3) is 0 Å². The third-order valence-corrected chi connectivity index (χ3v) is 19.4. The second-order valence-corrected chi connectivity index (χ2v) is 30.4. The maximum atomic E-state index is 13.1. The third-order valence-electron chi connectivity index (χ3n) is 17.5. The summed E-state index contributed by atoms with van der Waals surface area (Å²) in [5.74, 6) is -1.39. The van der Waals surface area contributed by atoms with Crippen LogP contribution in [0.5, 0.6) is 0 Å². The number of aliphatic hydroxyl groups excluding tert-OH is 1. The van der Waals surface area contributed by atoms with E-state index in [-0.39, 0.29) is 25.7 Å². The molecule has 2 unspecified atom stereocenters. The number of carbonyl (C=O) groups is 4. The van der Waals surface area contributed by atoms with Gasteiger partial charge >= 0.3 is 39.5 Å². The lowest BCUT2D eigenvalue weighted by atomic mass is 10.0. The summed E-state index contributed by atoms with van der Waals surface area (Å²) in [6.07, 6.45) is 57.4. The Morgan fingerprint density at radius 2 is 0.489 bits per heavy atom. The van der Waals surface area contributed by atoms with Crippen LogP contribution in [0.2, 0.25) is 0 Å². The molecule has 5 atom stereocenters. The van der Waals surface area contributed by atoms with Crippen molar-refractivity contribution >= 4 is 39.5 Å². The van der Waals surface area contributed by atoms with E-state index in [9.17, 15) is 43.2 Å². The van der Waals surface area contributed by atoms with Gasteiger partial charge in [-0.1, -0.05) is 343 Å². The summed E-state index contributed by atoms with van der Waals surface area (Å²) >= 11 is 0. The van der Waals surface area contributed by atoms with Crippen LogP contribution in [0.1, 0.15) is 394 Å². The monoisotopic (exact) mass is 1380 g/mol. The van der Waals surface area contributed by atoms with Crippen molar-refractivity contribution in [2.75, 3.05) is 39.6 Å². The summed E-state index contributed by atoms with van der Waals surface area (Å²) in [5, 5.41) is 10.6. The van der Waals surface area contributed by atoms with Crippen molar-refractivity contribution in [3.05, 3.63) is 0 Å². The standard InChI is InChI=1S/C75H146O17P2/c1-6-9-12-15-17-19-21-23-25-27-28-29-31-33-35-37-41-45-50-55-60-74(79)92-71(65-86-73(78)59-54-49-44-40-36-34-32-30-26-24-22-20-18-16-13-10-7-2)67-90-94(83,84)88-63-69(76)62-87-93(81,82)89-66-70(64-85-72(77)58-53-47-14-11-8-3)91-75(80)61-56-51-46-42-38-39-43-48-52-57-68(4)5/h68-71,76H,6-67H2,1-5H3,(H,81,82)(H,83,84)/t69-,70+,71+/m0/s1. The molecule has 0 radical (unpaired) electrons. The Morgan fingerprint density at radius 3 is 0.723 bits per heavy atom. The molecule has 0 aliphatic heterocycles. The molecule has 19 heteroatoms. The summed E-state index contributed by atoms with van der Waals surface area (Å²) in [6, 6.07) is 0. The van der Waals surface area contributed by atoms with Gasteiger partial charge in [0.2, 0.25) is 0 Å². The normalized spacial score (nSPS) is 14.0. The van der Waals surface area contributed by atoms with E-state index in [1.165, 1.54) is 212 Å². The molecule has 0 spiro atoms. The van der Waals surface area contributed by atoms with Crippen molar-refractivity contribution in [1.82, 2.24) is 0 Å². The van der Waals surface area contributed by atoms with E-state index in [0.29, 0.717) is 25.7 Å². The average molecular weight is 1380 g/mol. The molecule has 94 heavy (non-hydrogen) atoms. The summed E-state index contributed by atoms with van der Waals surface area (Å²) in [4.78, 5) is 72.5. The van der Waals surface area contributed by atoms with E-state index in [1.807, 2.05) is 0 Å². The number of carbonyl (C=O) groups excluding carboxylic acids is 4. The van der Waals surface area contributed by atoms with Crippen LogP contribution in [0.15, 0.2) is 0 Å². The van der Waals surface area contributed by atoms with E-state index >= 15 is 0 Å². The van der Waals surface area contributed by atoms with Gasteiger partial charge in [-0.3, -0.25) is 37.3 Å². The maximum absolute atomic E-state index is 13.1. The van der Waals surface area contributed by atoms with Crippen molar-refractivity contribution in [3.8, 4) is 0 Å². The number of phosphoric ester groups is 2. The number of rotatable bonds is 75. The smallest absolute Gasteiger partial charge is 0.462 e. The van der Waals surface area contributed by atoms with E-state index in [2.05, 4.69) is 34.6 Å². The van der Waals surface area contributed by atoms with Crippen LogP contribution in [-0.4, -0.2) is 96.7 Å². The number of esters is 4. The van der Waals surface area contributed by atoms with Gasteiger partial charge in [-0.15, -0.1) is 0 Å². The molecule has 0 amide bonds. The fraction of sp³-hybridized carbons (Fsp3) is 0.947. The Morgan fingerprint density at radius 1 is 0.287 bits per heavy atom. The molecule has 0 saturated heterocycles. The highest BCUT2D eigenvalue weighted by Crippen LogP contribution is 2.45. The highest BCUT2D eigenvalue weighted by atomic mass is 31.2. The van der Waals surface area contributed by atoms with Crippen molar-refractivity contribution < 1.29 is 80.2 Å². The van der Waals surface area contributed by atoms with Crippen molar-refractivity contribution in [3.63, 3.8) is 0 Å². The average Bonchev–Trinajstić information content (AvgIpc) is 1.59. The van der Waals surface area contributed by atoms with Crippen LogP contribution in [0.4, 0.5) is 0 Å². The van der Waals surface area contributed by atoms with E-state index in [0.717, 1.165) is 102 Å². The molecule has 0 rings (SSSR count). The van der Waals surface area contributed by atoms with Crippen LogP contribution in [0.25, 0.3) is 0 Å². The highest BCUT2D eigenvalue weighted by Gasteiger charge is 2.30. The van der Waals surface area contributed by atoms with Crippen LogP contribution >= 0.6 is 15.6 Å². The second kappa shape index (κ2) is 68.2. The van der Waals surface area contributed by atoms with Gasteiger partial charge < -0.3 is 33.8 Å². The zero-order valence-corrected chi connectivity index (χ0v) is 62.9. The van der Waals surface area contributed by atoms with Crippen molar-refractivity contribution in [2.24, 2.45) is 5.92 Å². The summed E-state index contributed by atoms with van der Waals surface area (Å²) < 4.78 is 68.2. The molecular formula is C75H146O17P2. The zero-order chi connectivity index (χ0) is 69.1. The number of ether oxygens (including phenoxy) is 4. The first-order valence-corrected chi connectivity index (χ1v) is 42.1. The van der Waals surface area contributed by atoms with Crippen molar-refractivity contribution in [1.29, 1.82) is 0 Å². The predicted octanol–water partition coefficient (Wildman–Crippen LogP) is 22.1. The molecule has 0 heterocycles. The lowest BCUT2D eigenvalue weighted by molar-refractivity contribution is -0.161. The lowest BCUT2D eigenvalue weighted by Gasteiger charge is -2.21. The number of hydrogen-bond donors (Lipinski definition) is 3. The third kappa shape index (κ3) is 68.6. The summed E-state index contributed by atoms with van der Waals surface area (Å²) in [6.45, 7) is 7.17. The van der Waals surface area contributed by atoms with E-state index in [4.69, 9.17) is 37.0 Å². The summed E-state index contributed by atoms with van der Waals surface area (Å²) in [5.41, 5.74) is 0. The van der Waals surface area contributed by atoms with Gasteiger partial charge in [0.05, 0.1) is 26.4 Å². The minimum Gasteiger partial charge on any atom is -0.462 e. The molecular weight excluding hydrogens is 1230 g/mol. The largest absolute Gasteiger partial charge is 0.472 e. The number of aliphatic hydroxyl groups is 1. The maximum Gasteiger partial charge on any atom is 0.472 e. The Hall–Kier alpha value is -1.94. The Kier molecular flexibility index (Phi) is 66.8. The quantitative estimate of drug-likeness (QED) is 0.0222. The highest BCUT2D eigenvalue weighted by molar-refractivity contribution is 7.47. The van der Waals surface area contributed by atoms with Crippen molar-refractivity contribution in [2.45, 2.75) is 412 Å². The lowest BCUT2D eigenvalue weighted by Crippen LogP contribution is -2.30. The Labute approximate surface area is 575 Å². The molecule has 0 aromatic carbocycles. The fourth-order valence-corrected chi connectivity index (χ4v) is 13.1. The number of unbranched alkanes of at least 4 members (excludes halogenated alkanes) is 47. The molecule has 0 fully saturated rings. The van der Waals surface area contributed by atoms with Gasteiger partial charge in [0.15, 0.2) is 12.2 Å². The first-order valence-electron chi connectivity index (χ1n) is 39.1. The second-order valence-electron chi connectivity index (χ2n) is 27.5. The van der Waals surface area contributed by atoms with Crippen LogP contribution in [-0.2, 0) is 65.4 Å². The summed E-state index contributed by atoms with van der Waals surface area (Å²) in [7, 11) is -9.90. The van der Waals surface area contributed by atoms with Gasteiger partial charge in [-0.2, -0.15) is 0 Å². The fourth-order valence-electron chi connectivity index (χ4n) is 11.5. The van der Waals surface area contributed by atoms with Gasteiger partial charge in [0.1, 0.15) is 19.3 Å². The molecule has 0 aliphatic rings. The van der Waals surface area contributed by atoms with Gasteiger partial charge in [-0.25, -0.2) is 9.13 Å².